The highest BCUT2D eigenvalue weighted by Gasteiger charge is 2.09. The molecule has 14 heavy (non-hydrogen) atoms. The number of nitrogens with zero attached hydrogens (tertiary/aromatic N) is 2. The molecule has 1 aromatic carbocycles. The van der Waals surface area contributed by atoms with Gasteiger partial charge in [-0.15, -0.1) is 9.63 Å². The summed E-state index contributed by atoms with van der Waals surface area (Å²) in [7, 11) is 0. The van der Waals surface area contributed by atoms with Crippen LogP contribution in [0.4, 0.5) is 5.69 Å². The summed E-state index contributed by atoms with van der Waals surface area (Å²) in [6.07, 6.45) is 0. The van der Waals surface area contributed by atoms with Crippen molar-refractivity contribution in [1.82, 2.24) is 0 Å². The molecule has 0 spiro atoms. The fraction of sp³-hybridized carbons (Fsp3) is 0.455. The largest absolute Gasteiger partial charge is 0.144 e. The highest BCUT2D eigenvalue weighted by molar-refractivity contribution is 7.99. The molecule has 3 heteroatoms. The number of hydrogen-bond donors (Lipinski definition) is 0. The van der Waals surface area contributed by atoms with Crippen LogP contribution < -0.4 is 0 Å². The molecule has 76 valence electrons. The Labute approximate surface area is 90.0 Å². The van der Waals surface area contributed by atoms with E-state index >= 15 is 0 Å². The van der Waals surface area contributed by atoms with Crippen LogP contribution in [-0.2, 0) is 0 Å². The van der Waals surface area contributed by atoms with Gasteiger partial charge in [-0.25, -0.2) is 0 Å². The van der Waals surface area contributed by atoms with Crippen LogP contribution in [0.25, 0.3) is 0 Å². The maximum atomic E-state index is 4.12. The summed E-state index contributed by atoms with van der Waals surface area (Å²) in [6.45, 7) is 8.41. The summed E-state index contributed by atoms with van der Waals surface area (Å²) in [6, 6.07) is 8.02. The van der Waals surface area contributed by atoms with Gasteiger partial charge in [-0.2, -0.15) is 0 Å². The van der Waals surface area contributed by atoms with Crippen LogP contribution >= 0.6 is 11.9 Å². The second-order valence-electron chi connectivity index (χ2n) is 4.22. The van der Waals surface area contributed by atoms with Crippen molar-refractivity contribution >= 4 is 17.6 Å². The Morgan fingerprint density at radius 3 is 2.14 bits per heavy atom. The number of benzene rings is 1. The van der Waals surface area contributed by atoms with Gasteiger partial charge in [-0.3, -0.25) is 0 Å². The van der Waals surface area contributed by atoms with E-state index in [1.807, 2.05) is 24.3 Å². The van der Waals surface area contributed by atoms with Gasteiger partial charge in [-0.1, -0.05) is 17.7 Å². The molecule has 0 amide bonds. The molecule has 0 unspecified atom stereocenters. The summed E-state index contributed by atoms with van der Waals surface area (Å²) in [5.74, 6) is 0. The lowest BCUT2D eigenvalue weighted by molar-refractivity contribution is 0.802. The van der Waals surface area contributed by atoms with Gasteiger partial charge >= 0.3 is 0 Å². The third-order valence-electron chi connectivity index (χ3n) is 1.50. The van der Waals surface area contributed by atoms with E-state index in [1.54, 1.807) is 0 Å². The maximum absolute atomic E-state index is 4.12. The van der Waals surface area contributed by atoms with Crippen LogP contribution in [0.1, 0.15) is 26.3 Å². The van der Waals surface area contributed by atoms with Crippen molar-refractivity contribution in [3.05, 3.63) is 29.8 Å². The summed E-state index contributed by atoms with van der Waals surface area (Å²) in [4.78, 5) is 0. The van der Waals surface area contributed by atoms with Crippen molar-refractivity contribution < 1.29 is 0 Å². The van der Waals surface area contributed by atoms with Crippen molar-refractivity contribution in [3.8, 4) is 0 Å². The first kappa shape index (κ1) is 11.2. The van der Waals surface area contributed by atoms with Crippen LogP contribution in [0, 0.1) is 6.92 Å². The van der Waals surface area contributed by atoms with Crippen LogP contribution in [0.5, 0.6) is 0 Å². The van der Waals surface area contributed by atoms with Crippen LogP contribution in [-0.4, -0.2) is 4.75 Å². The van der Waals surface area contributed by atoms with Crippen LogP contribution in [0.2, 0.25) is 0 Å². The highest BCUT2D eigenvalue weighted by Crippen LogP contribution is 2.26. The SMILES string of the molecule is Cc1ccc(N=NSC(C)(C)C)cc1. The Kier molecular flexibility index (Phi) is 3.69. The van der Waals surface area contributed by atoms with Gasteiger partial charge in [0, 0.05) is 16.7 Å². The fourth-order valence-electron chi connectivity index (χ4n) is 0.801. The first-order valence-corrected chi connectivity index (χ1v) is 5.41. The quantitative estimate of drug-likeness (QED) is 0.518. The van der Waals surface area contributed by atoms with E-state index < -0.39 is 0 Å². The van der Waals surface area contributed by atoms with Gasteiger partial charge in [0.05, 0.1) is 5.69 Å². The summed E-state index contributed by atoms with van der Waals surface area (Å²) in [5.41, 5.74) is 2.15. The standard InChI is InChI=1S/C11H16N2S/c1-9-5-7-10(8-6-9)12-13-14-11(2,3)4/h5-8H,1-4H3. The van der Waals surface area contributed by atoms with E-state index in [1.165, 1.54) is 17.5 Å². The van der Waals surface area contributed by atoms with Gasteiger partial charge in [0.25, 0.3) is 0 Å². The van der Waals surface area contributed by atoms with Gasteiger partial charge in [0.2, 0.25) is 0 Å². The fourth-order valence-corrected chi connectivity index (χ4v) is 1.18. The lowest BCUT2D eigenvalue weighted by Gasteiger charge is -2.10. The van der Waals surface area contributed by atoms with E-state index in [0.29, 0.717) is 0 Å². The summed E-state index contributed by atoms with van der Waals surface area (Å²) >= 11 is 1.49. The minimum absolute atomic E-state index is 0.133. The van der Waals surface area contributed by atoms with Gasteiger partial charge in [0.15, 0.2) is 0 Å². The zero-order valence-electron chi connectivity index (χ0n) is 9.11. The molecule has 0 bridgehead atoms. The first-order valence-electron chi connectivity index (χ1n) is 4.63. The minimum Gasteiger partial charge on any atom is -0.144 e. The molecule has 0 saturated heterocycles. The van der Waals surface area contributed by atoms with Crippen molar-refractivity contribution in [2.75, 3.05) is 0 Å². The van der Waals surface area contributed by atoms with E-state index in [0.717, 1.165) is 5.69 Å². The monoisotopic (exact) mass is 208 g/mol. The topological polar surface area (TPSA) is 24.7 Å². The molecule has 2 nitrogen and oxygen atoms in total. The van der Waals surface area contributed by atoms with E-state index in [-0.39, 0.29) is 4.75 Å². The molecule has 1 rings (SSSR count). The first-order chi connectivity index (χ1) is 6.47. The van der Waals surface area contributed by atoms with Crippen molar-refractivity contribution in [2.24, 2.45) is 9.63 Å². The molecule has 0 atom stereocenters. The molecule has 0 N–H and O–H groups in total. The Balaban J connectivity index is 2.57. The molecule has 1 aromatic rings. The molecule has 0 aromatic heterocycles. The van der Waals surface area contributed by atoms with Crippen LogP contribution in [0.15, 0.2) is 33.9 Å². The summed E-state index contributed by atoms with van der Waals surface area (Å²) in [5, 5.41) is 4.12. The molecule has 0 saturated carbocycles. The number of aryl methyl sites for hydroxylation is 1. The van der Waals surface area contributed by atoms with E-state index in [2.05, 4.69) is 37.3 Å². The molecular formula is C11H16N2S. The van der Waals surface area contributed by atoms with Crippen LogP contribution in [0.3, 0.4) is 0 Å². The lowest BCUT2D eigenvalue weighted by Crippen LogP contribution is -2.04. The highest BCUT2D eigenvalue weighted by atomic mass is 32.2. The Bertz CT molecular complexity index is 309. The Hall–Kier alpha value is -0.830. The van der Waals surface area contributed by atoms with Gasteiger partial charge < -0.3 is 0 Å². The molecular weight excluding hydrogens is 192 g/mol. The second-order valence-corrected chi connectivity index (χ2v) is 5.79. The smallest absolute Gasteiger partial charge is 0.0863 e. The zero-order valence-corrected chi connectivity index (χ0v) is 9.93. The van der Waals surface area contributed by atoms with Gasteiger partial charge in [-0.05, 0) is 39.8 Å². The predicted octanol–water partition coefficient (Wildman–Crippen LogP) is 4.53. The third kappa shape index (κ3) is 4.42. The zero-order chi connectivity index (χ0) is 10.6. The molecule has 0 heterocycles. The number of hydrogen-bond acceptors (Lipinski definition) is 3. The molecule has 0 fully saturated rings. The average molecular weight is 208 g/mol. The van der Waals surface area contributed by atoms with Gasteiger partial charge in [0.1, 0.15) is 0 Å². The third-order valence-corrected chi connectivity index (χ3v) is 2.22. The Morgan fingerprint density at radius 2 is 1.64 bits per heavy atom. The normalized spacial score (nSPS) is 12.3. The molecule has 0 radical (unpaired) electrons. The average Bonchev–Trinajstić information content (AvgIpc) is 2.06. The number of rotatable bonds is 2. The summed E-state index contributed by atoms with van der Waals surface area (Å²) < 4.78 is 4.22. The molecule has 0 aliphatic rings. The van der Waals surface area contributed by atoms with Crippen molar-refractivity contribution in [1.29, 1.82) is 0 Å². The maximum Gasteiger partial charge on any atom is 0.0863 e. The lowest BCUT2D eigenvalue weighted by atomic mass is 10.2. The molecule has 0 aliphatic carbocycles. The van der Waals surface area contributed by atoms with Crippen molar-refractivity contribution in [2.45, 2.75) is 32.4 Å². The van der Waals surface area contributed by atoms with E-state index in [9.17, 15) is 0 Å². The van der Waals surface area contributed by atoms with Crippen molar-refractivity contribution in [3.63, 3.8) is 0 Å². The minimum atomic E-state index is 0.133. The molecule has 0 aliphatic heterocycles. The van der Waals surface area contributed by atoms with E-state index in [4.69, 9.17) is 0 Å². The predicted molar refractivity (Wildman–Crippen MR) is 63.0 cm³/mol. The second kappa shape index (κ2) is 4.60. The Morgan fingerprint density at radius 1 is 1.07 bits per heavy atom.